The number of carbonyl (C=O) groups excluding carboxylic acids is 1. The summed E-state index contributed by atoms with van der Waals surface area (Å²) in [6.07, 6.45) is -0.357. The second-order valence-corrected chi connectivity index (χ2v) is 10.0. The Morgan fingerprint density at radius 3 is 2.25 bits per heavy atom. The van der Waals surface area contributed by atoms with Crippen molar-refractivity contribution in [2.45, 2.75) is 57.8 Å². The van der Waals surface area contributed by atoms with Gasteiger partial charge in [0.1, 0.15) is 0 Å². The van der Waals surface area contributed by atoms with Crippen molar-refractivity contribution in [2.24, 2.45) is 5.92 Å². The molecule has 1 saturated heterocycles. The van der Waals surface area contributed by atoms with Gasteiger partial charge in [0, 0.05) is 42.4 Å². The first-order chi connectivity index (χ1) is 17.4. The van der Waals surface area contributed by atoms with Crippen LogP contribution in [0.15, 0.2) is 48.5 Å². The lowest BCUT2D eigenvalue weighted by Crippen LogP contribution is -2.38. The fraction of sp³-hybridized carbons (Fsp3) is 0.481. The van der Waals surface area contributed by atoms with E-state index in [1.165, 1.54) is 0 Å². The van der Waals surface area contributed by atoms with Crippen LogP contribution in [0.3, 0.4) is 0 Å². The van der Waals surface area contributed by atoms with Crippen LogP contribution in [-0.4, -0.2) is 51.4 Å². The molecule has 9 heteroatoms. The van der Waals surface area contributed by atoms with Crippen molar-refractivity contribution in [3.63, 3.8) is 0 Å². The SMILES string of the molecule is C[C@@H]1[C@H](CSCCO)O[C@H](c2ccc(CNC(=O)CCCC(=O)O)cc2)O[C@@H]1c1ccc(CO)cc1. The highest BCUT2D eigenvalue weighted by atomic mass is 32.2. The van der Waals surface area contributed by atoms with Gasteiger partial charge in [0.05, 0.1) is 25.4 Å². The van der Waals surface area contributed by atoms with Crippen LogP contribution in [0, 0.1) is 5.92 Å². The molecule has 1 fully saturated rings. The first-order valence-corrected chi connectivity index (χ1v) is 13.3. The standard InChI is InChI=1S/C27H35NO7S/c1-18-23(17-36-14-13-29)34-27(35-26(18)21-9-7-20(16-30)8-10-21)22-11-5-19(6-12-22)15-28-24(31)3-2-4-25(32)33/h5-12,18,23,26-27,29-30H,2-4,13-17H2,1H3,(H,28,31)(H,32,33)/t18-,23+,26+,27+/m1/s1. The number of carboxylic acids is 1. The highest BCUT2D eigenvalue weighted by Crippen LogP contribution is 2.42. The van der Waals surface area contributed by atoms with Gasteiger partial charge in [0.25, 0.3) is 0 Å². The lowest BCUT2D eigenvalue weighted by atomic mass is 9.91. The summed E-state index contributed by atoms with van der Waals surface area (Å²) in [5, 5.41) is 30.1. The molecule has 0 radical (unpaired) electrons. The van der Waals surface area contributed by atoms with Crippen molar-refractivity contribution in [1.29, 1.82) is 0 Å². The summed E-state index contributed by atoms with van der Waals surface area (Å²) in [5.74, 6) is 0.386. The van der Waals surface area contributed by atoms with Gasteiger partial charge in [-0.1, -0.05) is 55.5 Å². The Balaban J connectivity index is 1.66. The van der Waals surface area contributed by atoms with Crippen LogP contribution in [-0.2, 0) is 32.2 Å². The van der Waals surface area contributed by atoms with Crippen LogP contribution in [0.25, 0.3) is 0 Å². The van der Waals surface area contributed by atoms with Crippen LogP contribution in [0.2, 0.25) is 0 Å². The molecule has 0 aliphatic carbocycles. The molecule has 8 nitrogen and oxygen atoms in total. The van der Waals surface area contributed by atoms with E-state index in [1.807, 2.05) is 48.5 Å². The number of carbonyl (C=O) groups is 2. The molecule has 1 amide bonds. The van der Waals surface area contributed by atoms with Crippen LogP contribution in [0.4, 0.5) is 0 Å². The minimum Gasteiger partial charge on any atom is -0.481 e. The highest BCUT2D eigenvalue weighted by molar-refractivity contribution is 7.99. The van der Waals surface area contributed by atoms with E-state index in [9.17, 15) is 19.8 Å². The lowest BCUT2D eigenvalue weighted by molar-refractivity contribution is -0.268. The summed E-state index contributed by atoms with van der Waals surface area (Å²) in [7, 11) is 0. The molecule has 4 atom stereocenters. The average Bonchev–Trinajstić information content (AvgIpc) is 2.89. The Labute approximate surface area is 216 Å². The number of hydrogen-bond acceptors (Lipinski definition) is 7. The van der Waals surface area contributed by atoms with Crippen LogP contribution in [0.5, 0.6) is 0 Å². The number of ether oxygens (including phenoxy) is 2. The number of aliphatic hydroxyl groups is 2. The Bertz CT molecular complexity index is 967. The molecule has 0 bridgehead atoms. The van der Waals surface area contributed by atoms with E-state index in [0.29, 0.717) is 18.7 Å². The summed E-state index contributed by atoms with van der Waals surface area (Å²) >= 11 is 1.65. The van der Waals surface area contributed by atoms with E-state index < -0.39 is 12.3 Å². The van der Waals surface area contributed by atoms with Gasteiger partial charge in [-0.25, -0.2) is 0 Å². The minimum absolute atomic E-state index is 0.0113. The molecule has 0 aromatic heterocycles. The first-order valence-electron chi connectivity index (χ1n) is 12.2. The molecule has 2 aromatic rings. The van der Waals surface area contributed by atoms with E-state index in [2.05, 4.69) is 12.2 Å². The maximum absolute atomic E-state index is 11.9. The average molecular weight is 518 g/mol. The molecule has 3 rings (SSSR count). The van der Waals surface area contributed by atoms with Crippen LogP contribution >= 0.6 is 11.8 Å². The number of benzene rings is 2. The van der Waals surface area contributed by atoms with Crippen molar-refractivity contribution >= 4 is 23.6 Å². The van der Waals surface area contributed by atoms with Gasteiger partial charge in [0.15, 0.2) is 6.29 Å². The zero-order valence-corrected chi connectivity index (χ0v) is 21.3. The van der Waals surface area contributed by atoms with Gasteiger partial charge in [-0.05, 0) is 23.1 Å². The minimum atomic E-state index is -0.904. The smallest absolute Gasteiger partial charge is 0.303 e. The van der Waals surface area contributed by atoms with E-state index in [1.54, 1.807) is 11.8 Å². The number of rotatable bonds is 13. The number of nitrogens with one attached hydrogen (secondary N) is 1. The molecule has 196 valence electrons. The van der Waals surface area contributed by atoms with Crippen LogP contribution in [0.1, 0.15) is 60.8 Å². The Hall–Kier alpha value is -2.43. The molecule has 1 aliphatic heterocycles. The number of carboxylic acid groups (broad SMARTS) is 1. The largest absolute Gasteiger partial charge is 0.481 e. The molecule has 0 unspecified atom stereocenters. The second kappa shape index (κ2) is 14.3. The summed E-state index contributed by atoms with van der Waals surface area (Å²) in [6.45, 7) is 2.57. The molecule has 2 aromatic carbocycles. The van der Waals surface area contributed by atoms with Gasteiger partial charge in [-0.2, -0.15) is 11.8 Å². The molecular formula is C27H35NO7S. The van der Waals surface area contributed by atoms with Crippen molar-refractivity contribution in [2.75, 3.05) is 18.1 Å². The fourth-order valence-corrected chi connectivity index (χ4v) is 4.97. The second-order valence-electron chi connectivity index (χ2n) is 8.89. The number of hydrogen-bond donors (Lipinski definition) is 4. The van der Waals surface area contributed by atoms with E-state index in [4.69, 9.17) is 14.6 Å². The number of amides is 1. The molecule has 0 saturated carbocycles. The van der Waals surface area contributed by atoms with E-state index in [-0.39, 0.29) is 50.1 Å². The zero-order valence-electron chi connectivity index (χ0n) is 20.5. The number of aliphatic carboxylic acids is 1. The van der Waals surface area contributed by atoms with Crippen molar-refractivity contribution in [3.8, 4) is 0 Å². The molecule has 1 heterocycles. The summed E-state index contributed by atoms with van der Waals surface area (Å²) < 4.78 is 12.8. The molecular weight excluding hydrogens is 482 g/mol. The van der Waals surface area contributed by atoms with Gasteiger partial charge in [0.2, 0.25) is 5.91 Å². The van der Waals surface area contributed by atoms with Crippen molar-refractivity contribution < 1.29 is 34.4 Å². The molecule has 0 spiro atoms. The van der Waals surface area contributed by atoms with E-state index in [0.717, 1.165) is 28.0 Å². The summed E-state index contributed by atoms with van der Waals surface area (Å²) in [4.78, 5) is 22.5. The van der Waals surface area contributed by atoms with Gasteiger partial charge in [-0.3, -0.25) is 9.59 Å². The van der Waals surface area contributed by atoms with Crippen molar-refractivity contribution in [3.05, 3.63) is 70.8 Å². The topological polar surface area (TPSA) is 125 Å². The maximum Gasteiger partial charge on any atom is 0.303 e. The zero-order chi connectivity index (χ0) is 25.9. The number of thioether (sulfide) groups is 1. The fourth-order valence-electron chi connectivity index (χ4n) is 4.06. The predicted molar refractivity (Wildman–Crippen MR) is 137 cm³/mol. The first kappa shape index (κ1) is 28.1. The molecule has 4 N–H and O–H groups in total. The third-order valence-corrected chi connectivity index (χ3v) is 7.21. The Morgan fingerprint density at radius 2 is 1.61 bits per heavy atom. The quantitative estimate of drug-likeness (QED) is 0.297. The third-order valence-electron chi connectivity index (χ3n) is 6.18. The number of aliphatic hydroxyl groups excluding tert-OH is 2. The van der Waals surface area contributed by atoms with Gasteiger partial charge >= 0.3 is 5.97 Å². The van der Waals surface area contributed by atoms with Crippen molar-refractivity contribution in [1.82, 2.24) is 5.32 Å². The normalized spacial score (nSPS) is 21.8. The molecule has 1 aliphatic rings. The predicted octanol–water partition coefficient (Wildman–Crippen LogP) is 3.57. The summed E-state index contributed by atoms with van der Waals surface area (Å²) in [6, 6.07) is 15.4. The highest BCUT2D eigenvalue weighted by Gasteiger charge is 2.38. The maximum atomic E-state index is 11.9. The monoisotopic (exact) mass is 517 g/mol. The van der Waals surface area contributed by atoms with Crippen LogP contribution < -0.4 is 5.32 Å². The van der Waals surface area contributed by atoms with Gasteiger partial charge < -0.3 is 30.1 Å². The van der Waals surface area contributed by atoms with Gasteiger partial charge in [-0.15, -0.1) is 0 Å². The summed E-state index contributed by atoms with van der Waals surface area (Å²) in [5.41, 5.74) is 3.65. The Kier molecular flexibility index (Phi) is 11.2. The third kappa shape index (κ3) is 8.31. The molecule has 36 heavy (non-hydrogen) atoms. The lowest BCUT2D eigenvalue weighted by Gasteiger charge is -2.41. The van der Waals surface area contributed by atoms with E-state index >= 15 is 0 Å². The Morgan fingerprint density at radius 1 is 0.944 bits per heavy atom.